The Morgan fingerprint density at radius 2 is 1.70 bits per heavy atom. The van der Waals surface area contributed by atoms with E-state index in [-0.39, 0.29) is 36.9 Å². The Hall–Kier alpha value is -4.73. The van der Waals surface area contributed by atoms with E-state index in [0.717, 1.165) is 0 Å². The second-order valence-electron chi connectivity index (χ2n) is 10.6. The Kier molecular flexibility index (Phi) is 8.07. The quantitative estimate of drug-likeness (QED) is 0.433. The highest BCUT2D eigenvalue weighted by Gasteiger charge is 2.34. The van der Waals surface area contributed by atoms with Gasteiger partial charge in [0.25, 0.3) is 11.5 Å². The molecule has 3 aromatic rings. The van der Waals surface area contributed by atoms with E-state index in [1.165, 1.54) is 17.0 Å². The third-order valence-corrected chi connectivity index (χ3v) is 7.90. The molecule has 2 aromatic carbocycles. The molecule has 1 unspecified atom stereocenters. The monoisotopic (exact) mass is 617 g/mol. The van der Waals surface area contributed by atoms with Gasteiger partial charge in [-0.25, -0.2) is 18.7 Å². The number of carbonyl (C=O) groups excluding carboxylic acids is 3. The van der Waals surface area contributed by atoms with Crippen molar-refractivity contribution in [2.75, 3.05) is 67.6 Å². The van der Waals surface area contributed by atoms with Crippen molar-refractivity contribution < 1.29 is 37.0 Å². The molecule has 0 bridgehead atoms. The number of hydrogen-bond donors (Lipinski definition) is 2. The summed E-state index contributed by atoms with van der Waals surface area (Å²) in [5, 5.41) is 5.33. The van der Waals surface area contributed by atoms with Gasteiger partial charge < -0.3 is 29.9 Å². The third-order valence-electron chi connectivity index (χ3n) is 7.90. The third kappa shape index (κ3) is 5.76. The van der Waals surface area contributed by atoms with E-state index < -0.39 is 30.3 Å². The van der Waals surface area contributed by atoms with Crippen LogP contribution in [0.25, 0.3) is 10.9 Å². The number of nitrogens with one attached hydrogen (secondary N) is 2. The number of morpholine rings is 1. The second-order valence-corrected chi connectivity index (χ2v) is 10.6. The molecule has 0 spiro atoms. The molecule has 1 aromatic heterocycles. The number of urea groups is 1. The Morgan fingerprint density at radius 1 is 0.955 bits per heavy atom. The topological polar surface area (TPSA) is 130 Å². The first-order valence-corrected chi connectivity index (χ1v) is 14.1. The summed E-state index contributed by atoms with van der Waals surface area (Å²) in [6.45, 7) is 3.02. The number of ether oxygens (including phenoxy) is 2. The first-order valence-electron chi connectivity index (χ1n) is 14.1. The van der Waals surface area contributed by atoms with Gasteiger partial charge in [-0.15, -0.1) is 0 Å². The number of hydrogen-bond acceptors (Lipinski definition) is 7. The van der Waals surface area contributed by atoms with Gasteiger partial charge >= 0.3 is 18.5 Å². The van der Waals surface area contributed by atoms with Gasteiger partial charge in [0, 0.05) is 31.9 Å². The summed E-state index contributed by atoms with van der Waals surface area (Å²) in [6, 6.07) is 9.23. The molecular weight excluding hydrogens is 587 g/mol. The summed E-state index contributed by atoms with van der Waals surface area (Å²) < 4.78 is 54.1. The standard InChI is InChI=1S/C28H30F3N7O6/c29-21-14-18(36-16-19(44-28(36)42)15-32-25(39)24(30)31)2-4-23(21)34-5-7-37-22-3-1-17(13-20(22)26(40)38(37)8-6-34)33-27(41)35-9-11-43-12-10-35/h1-4,13-14,19,24H,5-12,15-16H2,(H,32,39)(H,33,41). The Morgan fingerprint density at radius 3 is 2.43 bits per heavy atom. The molecule has 6 rings (SSSR count). The van der Waals surface area contributed by atoms with Crippen LogP contribution in [0.1, 0.15) is 0 Å². The van der Waals surface area contributed by atoms with E-state index in [2.05, 4.69) is 5.32 Å². The first kappa shape index (κ1) is 29.3. The largest absolute Gasteiger partial charge is 0.442 e. The van der Waals surface area contributed by atoms with E-state index in [9.17, 15) is 28.0 Å². The lowest BCUT2D eigenvalue weighted by Gasteiger charge is -2.26. The summed E-state index contributed by atoms with van der Waals surface area (Å²) in [5.74, 6) is -2.05. The number of aromatic nitrogens is 2. The number of nitrogens with zero attached hydrogens (tertiary/aromatic N) is 5. The van der Waals surface area contributed by atoms with Crippen LogP contribution in [0.15, 0.2) is 41.2 Å². The highest BCUT2D eigenvalue weighted by Crippen LogP contribution is 2.29. The Balaban J connectivity index is 1.12. The molecule has 0 aliphatic carbocycles. The van der Waals surface area contributed by atoms with E-state index in [1.54, 1.807) is 33.8 Å². The zero-order valence-corrected chi connectivity index (χ0v) is 23.5. The van der Waals surface area contributed by atoms with Gasteiger partial charge in [-0.3, -0.25) is 19.2 Å². The average Bonchev–Trinajstić information content (AvgIpc) is 3.42. The molecule has 2 fully saturated rings. The van der Waals surface area contributed by atoms with Crippen LogP contribution in [-0.4, -0.2) is 97.3 Å². The lowest BCUT2D eigenvalue weighted by Crippen LogP contribution is -2.43. The maximum absolute atomic E-state index is 15.4. The van der Waals surface area contributed by atoms with Crippen LogP contribution in [-0.2, 0) is 27.4 Å². The van der Waals surface area contributed by atoms with Gasteiger partial charge in [0.1, 0.15) is 11.9 Å². The highest BCUT2D eigenvalue weighted by molar-refractivity contribution is 5.93. The minimum absolute atomic E-state index is 0.0467. The average molecular weight is 618 g/mol. The van der Waals surface area contributed by atoms with Gasteiger partial charge in [0.15, 0.2) is 0 Å². The fourth-order valence-electron chi connectivity index (χ4n) is 5.66. The first-order chi connectivity index (χ1) is 21.2. The molecule has 2 saturated heterocycles. The van der Waals surface area contributed by atoms with Crippen LogP contribution >= 0.6 is 0 Å². The molecule has 3 aliphatic rings. The molecule has 44 heavy (non-hydrogen) atoms. The normalized spacial score (nSPS) is 18.8. The second kappa shape index (κ2) is 12.1. The fourth-order valence-corrected chi connectivity index (χ4v) is 5.66. The zero-order valence-electron chi connectivity index (χ0n) is 23.5. The van der Waals surface area contributed by atoms with Gasteiger partial charge in [0.05, 0.1) is 61.7 Å². The van der Waals surface area contributed by atoms with E-state index in [4.69, 9.17) is 9.47 Å². The van der Waals surface area contributed by atoms with Crippen molar-refractivity contribution in [2.24, 2.45) is 0 Å². The van der Waals surface area contributed by atoms with Gasteiger partial charge in [0.2, 0.25) is 0 Å². The van der Waals surface area contributed by atoms with Gasteiger partial charge in [-0.1, -0.05) is 0 Å². The number of carbonyl (C=O) groups is 3. The lowest BCUT2D eigenvalue weighted by molar-refractivity contribution is -0.132. The highest BCUT2D eigenvalue weighted by atomic mass is 19.3. The molecule has 1 atom stereocenters. The molecule has 0 radical (unpaired) electrons. The molecule has 13 nitrogen and oxygen atoms in total. The van der Waals surface area contributed by atoms with Crippen molar-refractivity contribution in [1.82, 2.24) is 19.6 Å². The van der Waals surface area contributed by atoms with E-state index in [1.807, 2.05) is 14.9 Å². The minimum Gasteiger partial charge on any atom is -0.442 e. The van der Waals surface area contributed by atoms with Crippen LogP contribution in [0.2, 0.25) is 0 Å². The van der Waals surface area contributed by atoms with Crippen molar-refractivity contribution in [3.63, 3.8) is 0 Å². The molecule has 234 valence electrons. The van der Waals surface area contributed by atoms with Crippen molar-refractivity contribution in [1.29, 1.82) is 0 Å². The van der Waals surface area contributed by atoms with E-state index >= 15 is 4.39 Å². The summed E-state index contributed by atoms with van der Waals surface area (Å²) in [4.78, 5) is 54.0. The maximum Gasteiger partial charge on any atom is 0.414 e. The molecule has 3 aliphatic heterocycles. The SMILES string of the molecule is O=C(NCC1CN(c2ccc(N3CCn4c(=O)c5cc(NC(=O)N6CCOCC6)ccc5n4CC3)c(F)c2)C(=O)O1)C(F)F. The van der Waals surface area contributed by atoms with Gasteiger partial charge in [-0.2, -0.15) is 8.78 Å². The predicted molar refractivity (Wildman–Crippen MR) is 153 cm³/mol. The maximum atomic E-state index is 15.4. The summed E-state index contributed by atoms with van der Waals surface area (Å²) in [5.41, 5.74) is 1.51. The molecule has 4 amide bonds. The number of anilines is 3. The number of fused-ring (bicyclic) bond motifs is 3. The van der Waals surface area contributed by atoms with Crippen LogP contribution in [0.3, 0.4) is 0 Å². The number of halogens is 3. The minimum atomic E-state index is -3.18. The molecule has 4 heterocycles. The van der Waals surface area contributed by atoms with Crippen LogP contribution in [0.4, 0.5) is 39.8 Å². The van der Waals surface area contributed by atoms with Gasteiger partial charge in [-0.05, 0) is 36.4 Å². The predicted octanol–water partition coefficient (Wildman–Crippen LogP) is 2.03. The molecule has 0 saturated carbocycles. The van der Waals surface area contributed by atoms with Crippen molar-refractivity contribution in [2.45, 2.75) is 25.6 Å². The van der Waals surface area contributed by atoms with Crippen LogP contribution < -0.4 is 26.0 Å². The van der Waals surface area contributed by atoms with Crippen LogP contribution in [0.5, 0.6) is 0 Å². The number of benzene rings is 2. The molecule has 2 N–H and O–H groups in total. The molecular formula is C28H30F3N7O6. The molecule has 16 heteroatoms. The fraction of sp³-hybridized carbons (Fsp3) is 0.429. The summed E-state index contributed by atoms with van der Waals surface area (Å²) in [7, 11) is 0. The van der Waals surface area contributed by atoms with Crippen molar-refractivity contribution >= 4 is 46.0 Å². The summed E-state index contributed by atoms with van der Waals surface area (Å²) in [6.07, 6.45) is -4.83. The van der Waals surface area contributed by atoms with Crippen molar-refractivity contribution in [3.8, 4) is 0 Å². The Labute approximate surface area is 248 Å². The smallest absolute Gasteiger partial charge is 0.414 e. The van der Waals surface area contributed by atoms with E-state index in [0.29, 0.717) is 68.2 Å². The number of rotatable bonds is 6. The lowest BCUT2D eigenvalue weighted by atomic mass is 10.2. The number of amides is 4. The summed E-state index contributed by atoms with van der Waals surface area (Å²) >= 11 is 0. The number of cyclic esters (lactones) is 1. The number of alkyl halides is 2. The van der Waals surface area contributed by atoms with Crippen LogP contribution in [0, 0.1) is 5.82 Å². The Bertz CT molecular complexity index is 1650. The van der Waals surface area contributed by atoms with Crippen molar-refractivity contribution in [3.05, 3.63) is 52.6 Å². The zero-order chi connectivity index (χ0) is 31.0.